The molecule has 0 bridgehead atoms. The van der Waals surface area contributed by atoms with Crippen LogP contribution in [0.15, 0.2) is 60.7 Å². The van der Waals surface area contributed by atoms with Crippen LogP contribution < -0.4 is 10.2 Å². The van der Waals surface area contributed by atoms with Crippen molar-refractivity contribution in [1.29, 1.82) is 0 Å². The second-order valence-electron chi connectivity index (χ2n) is 7.15. The summed E-state index contributed by atoms with van der Waals surface area (Å²) in [6, 6.07) is 18.5. The van der Waals surface area contributed by atoms with Gasteiger partial charge < -0.3 is 20.1 Å². The van der Waals surface area contributed by atoms with E-state index in [4.69, 9.17) is 4.74 Å². The highest BCUT2D eigenvalue weighted by molar-refractivity contribution is 5.96. The van der Waals surface area contributed by atoms with Gasteiger partial charge in [-0.05, 0) is 30.5 Å². The van der Waals surface area contributed by atoms with Gasteiger partial charge in [-0.1, -0.05) is 48.5 Å². The Hall–Kier alpha value is -3.06. The highest BCUT2D eigenvalue weighted by Gasteiger charge is 2.54. The molecule has 0 saturated carbocycles. The van der Waals surface area contributed by atoms with Crippen molar-refractivity contribution in [2.24, 2.45) is 0 Å². The average molecular weight is 381 g/mol. The Morgan fingerprint density at radius 3 is 2.32 bits per heavy atom. The summed E-state index contributed by atoms with van der Waals surface area (Å²) >= 11 is 0. The van der Waals surface area contributed by atoms with E-state index in [0.717, 1.165) is 11.3 Å². The Kier molecular flexibility index (Phi) is 4.92. The molecule has 2 aliphatic heterocycles. The largest absolute Gasteiger partial charge is 0.445 e. The average Bonchev–Trinajstić information content (AvgIpc) is 2.97. The number of aliphatic hydroxyl groups is 1. The number of para-hydroxylation sites is 1. The minimum Gasteiger partial charge on any atom is -0.445 e. The number of ether oxygens (including phenoxy) is 1. The summed E-state index contributed by atoms with van der Waals surface area (Å²) in [5, 5.41) is 13.2. The van der Waals surface area contributed by atoms with Gasteiger partial charge in [0.15, 0.2) is 6.23 Å². The third kappa shape index (κ3) is 3.29. The van der Waals surface area contributed by atoms with Gasteiger partial charge in [-0.3, -0.25) is 4.90 Å². The Balaban J connectivity index is 1.43. The lowest BCUT2D eigenvalue weighted by Gasteiger charge is -2.44. The third-order valence-corrected chi connectivity index (χ3v) is 5.52. The number of carbonyl (C=O) groups excluding carboxylic acids is 2. The van der Waals surface area contributed by atoms with Gasteiger partial charge in [-0.25, -0.2) is 9.59 Å². The van der Waals surface area contributed by atoms with Crippen molar-refractivity contribution in [3.05, 3.63) is 66.2 Å². The number of hydrogen-bond donors (Lipinski definition) is 2. The number of amides is 3. The lowest BCUT2D eigenvalue weighted by Crippen LogP contribution is -2.59. The SMILES string of the molecule is O=C(OCc1ccccc1)N1CCC2(CC1)C(O)NC(=O)N2c1ccccc1. The zero-order valence-corrected chi connectivity index (χ0v) is 15.5. The molecule has 146 valence electrons. The van der Waals surface area contributed by atoms with E-state index >= 15 is 0 Å². The standard InChI is InChI=1S/C21H23N3O4/c25-18-21(24(19(26)22-18)17-9-5-2-6-10-17)11-13-23(14-12-21)20(27)28-15-16-7-3-1-4-8-16/h1-10,18,25H,11-15H2,(H,22,26). The first kappa shape index (κ1) is 18.3. The van der Waals surface area contributed by atoms with Crippen LogP contribution >= 0.6 is 0 Å². The van der Waals surface area contributed by atoms with Gasteiger partial charge in [0, 0.05) is 18.8 Å². The summed E-state index contributed by atoms with van der Waals surface area (Å²) in [6.07, 6.45) is -0.441. The Labute approximate surface area is 163 Å². The summed E-state index contributed by atoms with van der Waals surface area (Å²) in [5.41, 5.74) is 0.895. The molecule has 0 aromatic heterocycles. The zero-order chi connectivity index (χ0) is 19.6. The summed E-state index contributed by atoms with van der Waals surface area (Å²) < 4.78 is 5.41. The van der Waals surface area contributed by atoms with Crippen molar-refractivity contribution in [2.45, 2.75) is 31.2 Å². The molecule has 1 unspecified atom stereocenters. The molecule has 1 atom stereocenters. The van der Waals surface area contributed by atoms with Crippen molar-refractivity contribution >= 4 is 17.8 Å². The van der Waals surface area contributed by atoms with E-state index in [2.05, 4.69) is 5.32 Å². The quantitative estimate of drug-likeness (QED) is 0.857. The second-order valence-corrected chi connectivity index (χ2v) is 7.15. The fraction of sp³-hybridized carbons (Fsp3) is 0.333. The number of aliphatic hydroxyl groups excluding tert-OH is 1. The molecule has 3 amide bonds. The van der Waals surface area contributed by atoms with Crippen LogP contribution in [-0.2, 0) is 11.3 Å². The van der Waals surface area contributed by atoms with Gasteiger partial charge in [-0.2, -0.15) is 0 Å². The van der Waals surface area contributed by atoms with Gasteiger partial charge in [0.2, 0.25) is 0 Å². The molecule has 28 heavy (non-hydrogen) atoms. The molecule has 2 heterocycles. The second kappa shape index (κ2) is 7.52. The Morgan fingerprint density at radius 1 is 1.07 bits per heavy atom. The van der Waals surface area contributed by atoms with Crippen LogP contribution in [0.25, 0.3) is 0 Å². The van der Waals surface area contributed by atoms with Gasteiger partial charge in [0.25, 0.3) is 0 Å². The number of nitrogens with zero attached hydrogens (tertiary/aromatic N) is 2. The topological polar surface area (TPSA) is 82.1 Å². The Morgan fingerprint density at radius 2 is 1.68 bits per heavy atom. The molecule has 2 saturated heterocycles. The molecule has 4 rings (SSSR count). The maximum Gasteiger partial charge on any atom is 0.410 e. The van der Waals surface area contributed by atoms with Gasteiger partial charge in [0.1, 0.15) is 6.61 Å². The predicted octanol–water partition coefficient (Wildman–Crippen LogP) is 2.71. The van der Waals surface area contributed by atoms with Crippen molar-refractivity contribution in [2.75, 3.05) is 18.0 Å². The molecular weight excluding hydrogens is 358 g/mol. The molecule has 2 aromatic rings. The number of likely N-dealkylation sites (tertiary alicyclic amines) is 1. The van der Waals surface area contributed by atoms with Crippen molar-refractivity contribution in [1.82, 2.24) is 10.2 Å². The van der Waals surface area contributed by atoms with Crippen molar-refractivity contribution in [3.63, 3.8) is 0 Å². The van der Waals surface area contributed by atoms with E-state index in [-0.39, 0.29) is 18.7 Å². The van der Waals surface area contributed by atoms with Gasteiger partial charge >= 0.3 is 12.1 Å². The van der Waals surface area contributed by atoms with E-state index in [9.17, 15) is 14.7 Å². The van der Waals surface area contributed by atoms with E-state index in [1.54, 1.807) is 9.80 Å². The number of hydrogen-bond acceptors (Lipinski definition) is 4. The van der Waals surface area contributed by atoms with Crippen LogP contribution in [0.5, 0.6) is 0 Å². The minimum absolute atomic E-state index is 0.222. The lowest BCUT2D eigenvalue weighted by molar-refractivity contribution is 0.0346. The fourth-order valence-corrected chi connectivity index (χ4v) is 3.98. The first-order chi connectivity index (χ1) is 13.6. The zero-order valence-electron chi connectivity index (χ0n) is 15.5. The predicted molar refractivity (Wildman–Crippen MR) is 104 cm³/mol. The summed E-state index contributed by atoms with van der Waals surface area (Å²) in [6.45, 7) is 1.03. The highest BCUT2D eigenvalue weighted by atomic mass is 16.6. The number of benzene rings is 2. The summed E-state index contributed by atoms with van der Waals surface area (Å²) in [7, 11) is 0. The Bertz CT molecular complexity index is 835. The van der Waals surface area contributed by atoms with Crippen LogP contribution in [0.2, 0.25) is 0 Å². The van der Waals surface area contributed by atoms with Crippen LogP contribution in [0, 0.1) is 0 Å². The molecule has 7 heteroatoms. The number of carbonyl (C=O) groups is 2. The van der Waals surface area contributed by atoms with E-state index in [1.165, 1.54) is 0 Å². The third-order valence-electron chi connectivity index (χ3n) is 5.52. The molecule has 7 nitrogen and oxygen atoms in total. The lowest BCUT2D eigenvalue weighted by atomic mass is 9.85. The molecule has 2 N–H and O–H groups in total. The molecular formula is C21H23N3O4. The number of piperidine rings is 1. The minimum atomic E-state index is -0.984. The van der Waals surface area contributed by atoms with Gasteiger partial charge in [-0.15, -0.1) is 0 Å². The number of nitrogens with one attached hydrogen (secondary N) is 1. The summed E-state index contributed by atoms with van der Waals surface area (Å²) in [4.78, 5) is 28.2. The van der Waals surface area contributed by atoms with E-state index in [1.807, 2.05) is 60.7 Å². The molecule has 0 radical (unpaired) electrons. The van der Waals surface area contributed by atoms with E-state index < -0.39 is 11.8 Å². The molecule has 1 spiro atoms. The maximum atomic E-state index is 12.5. The molecule has 0 aliphatic carbocycles. The smallest absolute Gasteiger partial charge is 0.410 e. The highest BCUT2D eigenvalue weighted by Crippen LogP contribution is 2.39. The normalized spacial score (nSPS) is 20.9. The van der Waals surface area contributed by atoms with Crippen LogP contribution in [0.1, 0.15) is 18.4 Å². The molecule has 2 aromatic carbocycles. The fourth-order valence-electron chi connectivity index (χ4n) is 3.98. The first-order valence-electron chi connectivity index (χ1n) is 9.40. The number of rotatable bonds is 3. The van der Waals surface area contributed by atoms with Crippen LogP contribution in [0.4, 0.5) is 15.3 Å². The summed E-state index contributed by atoms with van der Waals surface area (Å²) in [5.74, 6) is 0. The van der Waals surface area contributed by atoms with E-state index in [0.29, 0.717) is 25.9 Å². The number of urea groups is 1. The van der Waals surface area contributed by atoms with Crippen molar-refractivity contribution < 1.29 is 19.4 Å². The maximum absolute atomic E-state index is 12.5. The van der Waals surface area contributed by atoms with Crippen LogP contribution in [-0.4, -0.2) is 47.0 Å². The van der Waals surface area contributed by atoms with Gasteiger partial charge in [0.05, 0.1) is 5.54 Å². The number of anilines is 1. The monoisotopic (exact) mass is 381 g/mol. The van der Waals surface area contributed by atoms with Crippen LogP contribution in [0.3, 0.4) is 0 Å². The van der Waals surface area contributed by atoms with Crippen molar-refractivity contribution in [3.8, 4) is 0 Å². The molecule has 2 aliphatic rings. The molecule has 2 fully saturated rings. The first-order valence-corrected chi connectivity index (χ1v) is 9.40.